The largest absolute Gasteiger partial charge is 0.468 e. The summed E-state index contributed by atoms with van der Waals surface area (Å²) in [6.45, 7) is 0.153. The highest BCUT2D eigenvalue weighted by atomic mass is 16.5. The highest BCUT2D eigenvalue weighted by Gasteiger charge is 2.27. The lowest BCUT2D eigenvalue weighted by atomic mass is 9.90. The number of carbonyl (C=O) groups excluding carboxylic acids is 1. The second-order valence-electron chi connectivity index (χ2n) is 5.70. The van der Waals surface area contributed by atoms with E-state index >= 15 is 0 Å². The number of rotatable bonds is 4. The van der Waals surface area contributed by atoms with Crippen LogP contribution >= 0.6 is 0 Å². The minimum Gasteiger partial charge on any atom is -0.468 e. The molecule has 1 heterocycles. The van der Waals surface area contributed by atoms with E-state index in [-0.39, 0.29) is 18.6 Å². The molecule has 0 fully saturated rings. The van der Waals surface area contributed by atoms with Gasteiger partial charge in [-0.2, -0.15) is 5.10 Å². The topological polar surface area (TPSA) is 70.1 Å². The van der Waals surface area contributed by atoms with Gasteiger partial charge in [-0.25, -0.2) is 0 Å². The van der Waals surface area contributed by atoms with Gasteiger partial charge in [-0.05, 0) is 24.8 Å². The Morgan fingerprint density at radius 3 is 2.91 bits per heavy atom. The molecule has 5 nitrogen and oxygen atoms in total. The van der Waals surface area contributed by atoms with Crippen LogP contribution < -0.4 is 5.73 Å². The van der Waals surface area contributed by atoms with Crippen molar-refractivity contribution in [3.8, 4) is 0 Å². The Bertz CT molecular complexity index is 664. The zero-order chi connectivity index (χ0) is 15.5. The van der Waals surface area contributed by atoms with Crippen molar-refractivity contribution < 1.29 is 9.53 Å². The average molecular weight is 299 g/mol. The SMILES string of the molecule is COC(=O)Cn1nc(Cc2ccccc2)c2c1CCCC2N. The summed E-state index contributed by atoms with van der Waals surface area (Å²) in [5.74, 6) is -0.282. The molecule has 1 atom stereocenters. The van der Waals surface area contributed by atoms with E-state index in [0.29, 0.717) is 0 Å². The summed E-state index contributed by atoms with van der Waals surface area (Å²) in [4.78, 5) is 11.6. The molecule has 1 aliphatic carbocycles. The van der Waals surface area contributed by atoms with Crippen molar-refractivity contribution in [2.75, 3.05) is 7.11 Å². The first-order valence-corrected chi connectivity index (χ1v) is 7.64. The summed E-state index contributed by atoms with van der Waals surface area (Å²) in [5.41, 5.74) is 10.7. The third-order valence-electron chi connectivity index (χ3n) is 4.20. The number of hydrogen-bond donors (Lipinski definition) is 1. The number of esters is 1. The monoisotopic (exact) mass is 299 g/mol. The molecule has 2 aromatic rings. The van der Waals surface area contributed by atoms with Crippen LogP contribution in [0.5, 0.6) is 0 Å². The zero-order valence-corrected chi connectivity index (χ0v) is 12.8. The summed E-state index contributed by atoms with van der Waals surface area (Å²) >= 11 is 0. The lowest BCUT2D eigenvalue weighted by molar-refractivity contribution is -0.141. The van der Waals surface area contributed by atoms with Crippen LogP contribution in [-0.4, -0.2) is 22.9 Å². The number of benzene rings is 1. The molecule has 1 aliphatic rings. The van der Waals surface area contributed by atoms with Crippen molar-refractivity contribution in [2.45, 2.75) is 38.3 Å². The van der Waals surface area contributed by atoms with Crippen molar-refractivity contribution >= 4 is 5.97 Å². The van der Waals surface area contributed by atoms with Crippen LogP contribution in [-0.2, 0) is 28.9 Å². The van der Waals surface area contributed by atoms with Crippen molar-refractivity contribution in [1.29, 1.82) is 0 Å². The molecule has 5 heteroatoms. The molecule has 0 aliphatic heterocycles. The van der Waals surface area contributed by atoms with Gasteiger partial charge in [0.1, 0.15) is 6.54 Å². The normalized spacial score (nSPS) is 17.1. The van der Waals surface area contributed by atoms with Crippen LogP contribution in [0.2, 0.25) is 0 Å². The smallest absolute Gasteiger partial charge is 0.327 e. The summed E-state index contributed by atoms with van der Waals surface area (Å²) in [7, 11) is 1.40. The molecule has 1 aromatic carbocycles. The molecular weight excluding hydrogens is 278 g/mol. The maximum atomic E-state index is 11.6. The first kappa shape index (κ1) is 14.8. The van der Waals surface area contributed by atoms with Crippen LogP contribution in [0.1, 0.15) is 41.4 Å². The van der Waals surface area contributed by atoms with E-state index in [1.54, 1.807) is 4.68 Å². The van der Waals surface area contributed by atoms with E-state index in [9.17, 15) is 4.79 Å². The van der Waals surface area contributed by atoms with Crippen LogP contribution in [0.25, 0.3) is 0 Å². The molecule has 0 saturated carbocycles. The van der Waals surface area contributed by atoms with Crippen molar-refractivity contribution in [3.63, 3.8) is 0 Å². The van der Waals surface area contributed by atoms with Crippen LogP contribution in [0.4, 0.5) is 0 Å². The third-order valence-corrected chi connectivity index (χ3v) is 4.20. The van der Waals surface area contributed by atoms with Gasteiger partial charge in [0, 0.05) is 23.7 Å². The second kappa shape index (κ2) is 6.32. The molecule has 3 rings (SSSR count). The summed E-state index contributed by atoms with van der Waals surface area (Å²) in [6.07, 6.45) is 3.66. The number of hydrogen-bond acceptors (Lipinski definition) is 4. The lowest BCUT2D eigenvalue weighted by Crippen LogP contribution is -2.21. The molecule has 0 spiro atoms. The number of aromatic nitrogens is 2. The standard InChI is InChI=1S/C17H21N3O2/c1-22-16(21)11-20-15-9-5-8-13(18)17(15)14(19-20)10-12-6-3-2-4-7-12/h2-4,6-7,13H,5,8-11,18H2,1H3. The second-order valence-corrected chi connectivity index (χ2v) is 5.70. The highest BCUT2D eigenvalue weighted by Crippen LogP contribution is 2.32. The van der Waals surface area contributed by atoms with Gasteiger partial charge in [0.25, 0.3) is 0 Å². The van der Waals surface area contributed by atoms with Gasteiger partial charge in [0.15, 0.2) is 0 Å². The number of ether oxygens (including phenoxy) is 1. The summed E-state index contributed by atoms with van der Waals surface area (Å²) in [5, 5.41) is 4.66. The zero-order valence-electron chi connectivity index (χ0n) is 12.8. The van der Waals surface area contributed by atoms with Crippen molar-refractivity contribution in [3.05, 3.63) is 52.8 Å². The van der Waals surface area contributed by atoms with E-state index in [1.807, 2.05) is 18.2 Å². The van der Waals surface area contributed by atoms with Crippen molar-refractivity contribution in [2.24, 2.45) is 5.73 Å². The number of fused-ring (bicyclic) bond motifs is 1. The molecule has 0 bridgehead atoms. The fourth-order valence-corrected chi connectivity index (χ4v) is 3.13. The van der Waals surface area contributed by atoms with Gasteiger partial charge in [-0.15, -0.1) is 0 Å². The van der Waals surface area contributed by atoms with Crippen molar-refractivity contribution in [1.82, 2.24) is 9.78 Å². The first-order chi connectivity index (χ1) is 10.7. The first-order valence-electron chi connectivity index (χ1n) is 7.64. The van der Waals surface area contributed by atoms with Gasteiger partial charge in [-0.3, -0.25) is 9.48 Å². The lowest BCUT2D eigenvalue weighted by Gasteiger charge is -2.20. The van der Waals surface area contributed by atoms with Crippen LogP contribution in [0, 0.1) is 0 Å². The molecule has 0 radical (unpaired) electrons. The molecule has 1 unspecified atom stereocenters. The Kier molecular flexibility index (Phi) is 4.24. The maximum Gasteiger partial charge on any atom is 0.327 e. The van der Waals surface area contributed by atoms with E-state index in [1.165, 1.54) is 12.7 Å². The predicted octanol–water partition coefficient (Wildman–Crippen LogP) is 1.98. The van der Waals surface area contributed by atoms with E-state index < -0.39 is 0 Å². The summed E-state index contributed by atoms with van der Waals surface area (Å²) in [6, 6.07) is 10.2. The molecule has 0 saturated heterocycles. The maximum absolute atomic E-state index is 11.6. The summed E-state index contributed by atoms with van der Waals surface area (Å²) < 4.78 is 6.54. The molecule has 116 valence electrons. The Morgan fingerprint density at radius 1 is 1.41 bits per heavy atom. The van der Waals surface area contributed by atoms with Gasteiger partial charge >= 0.3 is 5.97 Å². The van der Waals surface area contributed by atoms with Gasteiger partial charge in [0.2, 0.25) is 0 Å². The molecule has 1 aromatic heterocycles. The highest BCUT2D eigenvalue weighted by molar-refractivity contribution is 5.69. The van der Waals surface area contributed by atoms with Gasteiger partial charge in [-0.1, -0.05) is 30.3 Å². The fourth-order valence-electron chi connectivity index (χ4n) is 3.13. The number of carbonyl (C=O) groups is 1. The van der Waals surface area contributed by atoms with Crippen LogP contribution in [0.15, 0.2) is 30.3 Å². The Balaban J connectivity index is 1.96. The predicted molar refractivity (Wildman–Crippen MR) is 83.4 cm³/mol. The average Bonchev–Trinajstić information content (AvgIpc) is 2.87. The van der Waals surface area contributed by atoms with Gasteiger partial charge in [0.05, 0.1) is 12.8 Å². The molecule has 0 amide bonds. The number of nitrogens with two attached hydrogens (primary N) is 1. The molecular formula is C17H21N3O2. The molecule has 2 N–H and O–H groups in total. The Hall–Kier alpha value is -2.14. The van der Waals surface area contributed by atoms with Crippen LogP contribution in [0.3, 0.4) is 0 Å². The third kappa shape index (κ3) is 2.90. The minimum atomic E-state index is -0.282. The number of nitrogens with zero attached hydrogens (tertiary/aromatic N) is 2. The minimum absolute atomic E-state index is 0.00820. The van der Waals surface area contributed by atoms with E-state index in [0.717, 1.165) is 42.6 Å². The van der Waals surface area contributed by atoms with E-state index in [2.05, 4.69) is 17.2 Å². The Morgan fingerprint density at radius 2 is 2.18 bits per heavy atom. The van der Waals surface area contributed by atoms with Gasteiger partial charge < -0.3 is 10.5 Å². The quantitative estimate of drug-likeness (QED) is 0.876. The number of methoxy groups -OCH3 is 1. The Labute approximate surface area is 130 Å². The fraction of sp³-hybridized carbons (Fsp3) is 0.412. The van der Waals surface area contributed by atoms with E-state index in [4.69, 9.17) is 10.5 Å². The molecule has 22 heavy (non-hydrogen) atoms.